The zero-order chi connectivity index (χ0) is 13.4. The van der Waals surface area contributed by atoms with Gasteiger partial charge in [-0.25, -0.2) is 0 Å². The fourth-order valence-electron chi connectivity index (χ4n) is 3.21. The van der Waals surface area contributed by atoms with Crippen molar-refractivity contribution in [1.82, 2.24) is 10.2 Å². The maximum absolute atomic E-state index is 3.42. The van der Waals surface area contributed by atoms with Crippen molar-refractivity contribution in [2.24, 2.45) is 0 Å². The van der Waals surface area contributed by atoms with E-state index in [9.17, 15) is 0 Å². The third kappa shape index (κ3) is 4.75. The highest BCUT2D eigenvalue weighted by Gasteiger charge is 2.27. The molecule has 0 spiro atoms. The molecule has 1 aliphatic carbocycles. The molecular formula is C15H32N2S. The average molecular weight is 273 g/mol. The number of hydrogen-bond donors (Lipinski definition) is 1. The van der Waals surface area contributed by atoms with Crippen molar-refractivity contribution in [1.29, 1.82) is 0 Å². The van der Waals surface area contributed by atoms with Gasteiger partial charge in [-0.2, -0.15) is 11.8 Å². The van der Waals surface area contributed by atoms with Crippen LogP contribution in [0.2, 0.25) is 0 Å². The number of nitrogens with one attached hydrogen (secondary N) is 1. The molecule has 108 valence electrons. The summed E-state index contributed by atoms with van der Waals surface area (Å²) in [4.78, 5) is 2.76. The summed E-state index contributed by atoms with van der Waals surface area (Å²) in [7, 11) is 2.11. The van der Waals surface area contributed by atoms with E-state index >= 15 is 0 Å². The SMILES string of the molecule is CC.CNC1CCC(N2CCC(SC)CC2)CC1. The van der Waals surface area contributed by atoms with Gasteiger partial charge in [0.25, 0.3) is 0 Å². The Morgan fingerprint density at radius 2 is 1.50 bits per heavy atom. The normalized spacial score (nSPS) is 30.7. The van der Waals surface area contributed by atoms with E-state index in [4.69, 9.17) is 0 Å². The lowest BCUT2D eigenvalue weighted by Gasteiger charge is -2.40. The molecule has 1 saturated carbocycles. The number of nitrogens with zero attached hydrogens (tertiary/aromatic N) is 1. The minimum atomic E-state index is 0.792. The molecule has 1 N–H and O–H groups in total. The van der Waals surface area contributed by atoms with Gasteiger partial charge in [-0.05, 0) is 64.9 Å². The summed E-state index contributed by atoms with van der Waals surface area (Å²) >= 11 is 2.06. The van der Waals surface area contributed by atoms with Gasteiger partial charge in [-0.15, -0.1) is 0 Å². The predicted octanol–water partition coefficient (Wildman–Crippen LogP) is 3.37. The summed E-state index contributed by atoms with van der Waals surface area (Å²) in [5, 5.41) is 4.36. The Kier molecular flexibility index (Phi) is 8.36. The van der Waals surface area contributed by atoms with E-state index in [1.165, 1.54) is 51.6 Å². The highest BCUT2D eigenvalue weighted by molar-refractivity contribution is 7.99. The standard InChI is InChI=1S/C13H26N2S.C2H6/c1-14-11-3-5-12(6-4-11)15-9-7-13(16-2)8-10-15;1-2/h11-14H,3-10H2,1-2H3;1-2H3. The second-order valence-corrected chi connectivity index (χ2v) is 6.40. The lowest BCUT2D eigenvalue weighted by atomic mass is 9.89. The van der Waals surface area contributed by atoms with Crippen molar-refractivity contribution in [3.05, 3.63) is 0 Å². The zero-order valence-corrected chi connectivity index (χ0v) is 13.6. The van der Waals surface area contributed by atoms with Crippen molar-refractivity contribution < 1.29 is 0 Å². The van der Waals surface area contributed by atoms with E-state index in [1.807, 2.05) is 13.8 Å². The van der Waals surface area contributed by atoms with Crippen LogP contribution in [0.15, 0.2) is 0 Å². The second kappa shape index (κ2) is 9.22. The van der Waals surface area contributed by atoms with Crippen molar-refractivity contribution in [2.45, 2.75) is 69.7 Å². The van der Waals surface area contributed by atoms with Gasteiger partial charge in [0.2, 0.25) is 0 Å². The summed E-state index contributed by atoms with van der Waals surface area (Å²) in [6.45, 7) is 6.70. The van der Waals surface area contributed by atoms with Gasteiger partial charge < -0.3 is 10.2 Å². The number of likely N-dealkylation sites (tertiary alicyclic amines) is 1. The Balaban J connectivity index is 0.000000771. The fraction of sp³-hybridized carbons (Fsp3) is 1.00. The quantitative estimate of drug-likeness (QED) is 0.848. The van der Waals surface area contributed by atoms with Crippen LogP contribution in [-0.4, -0.2) is 48.6 Å². The monoisotopic (exact) mass is 272 g/mol. The van der Waals surface area contributed by atoms with Crippen LogP contribution in [-0.2, 0) is 0 Å². The van der Waals surface area contributed by atoms with E-state index in [0.29, 0.717) is 0 Å². The Labute approximate surface area is 118 Å². The second-order valence-electron chi connectivity index (χ2n) is 5.27. The molecule has 18 heavy (non-hydrogen) atoms. The predicted molar refractivity (Wildman–Crippen MR) is 84.6 cm³/mol. The summed E-state index contributed by atoms with van der Waals surface area (Å²) in [5.74, 6) is 0. The Morgan fingerprint density at radius 3 is 1.94 bits per heavy atom. The first-order chi connectivity index (χ1) is 8.83. The van der Waals surface area contributed by atoms with Crippen LogP contribution in [0.3, 0.4) is 0 Å². The maximum atomic E-state index is 3.42. The molecule has 0 aromatic rings. The van der Waals surface area contributed by atoms with Crippen LogP contribution in [0.4, 0.5) is 0 Å². The number of hydrogen-bond acceptors (Lipinski definition) is 3. The topological polar surface area (TPSA) is 15.3 Å². The van der Waals surface area contributed by atoms with Crippen molar-refractivity contribution in [3.8, 4) is 0 Å². The molecule has 0 aromatic carbocycles. The van der Waals surface area contributed by atoms with Crippen LogP contribution in [0.25, 0.3) is 0 Å². The Morgan fingerprint density at radius 1 is 0.944 bits per heavy atom. The molecule has 1 aliphatic heterocycles. The molecule has 2 rings (SSSR count). The number of thioether (sulfide) groups is 1. The van der Waals surface area contributed by atoms with E-state index in [-0.39, 0.29) is 0 Å². The van der Waals surface area contributed by atoms with Gasteiger partial charge in [0.1, 0.15) is 0 Å². The lowest BCUT2D eigenvalue weighted by Crippen LogP contribution is -2.45. The first-order valence-electron chi connectivity index (χ1n) is 7.77. The zero-order valence-electron chi connectivity index (χ0n) is 12.7. The third-order valence-electron chi connectivity index (χ3n) is 4.43. The molecule has 1 saturated heterocycles. The van der Waals surface area contributed by atoms with E-state index in [0.717, 1.165) is 17.3 Å². The molecule has 0 aromatic heterocycles. The molecule has 3 heteroatoms. The minimum absolute atomic E-state index is 0.792. The van der Waals surface area contributed by atoms with Gasteiger partial charge >= 0.3 is 0 Å². The molecule has 0 bridgehead atoms. The van der Waals surface area contributed by atoms with Crippen LogP contribution >= 0.6 is 11.8 Å². The lowest BCUT2D eigenvalue weighted by molar-refractivity contribution is 0.124. The van der Waals surface area contributed by atoms with Gasteiger partial charge in [-0.3, -0.25) is 0 Å². The summed E-state index contributed by atoms with van der Waals surface area (Å²) in [5.41, 5.74) is 0. The summed E-state index contributed by atoms with van der Waals surface area (Å²) in [6.07, 6.45) is 10.7. The molecule has 0 atom stereocenters. The highest BCUT2D eigenvalue weighted by atomic mass is 32.2. The molecule has 1 heterocycles. The summed E-state index contributed by atoms with van der Waals surface area (Å²) < 4.78 is 0. The molecule has 2 aliphatic rings. The van der Waals surface area contributed by atoms with Crippen LogP contribution < -0.4 is 5.32 Å². The smallest absolute Gasteiger partial charge is 0.00964 e. The minimum Gasteiger partial charge on any atom is -0.317 e. The first kappa shape index (κ1) is 16.3. The molecule has 0 amide bonds. The largest absolute Gasteiger partial charge is 0.317 e. The molecular weight excluding hydrogens is 240 g/mol. The average Bonchev–Trinajstić information content (AvgIpc) is 2.49. The number of piperidine rings is 1. The van der Waals surface area contributed by atoms with E-state index in [2.05, 4.69) is 35.3 Å². The van der Waals surface area contributed by atoms with Crippen molar-refractivity contribution in [2.75, 3.05) is 26.4 Å². The van der Waals surface area contributed by atoms with E-state index in [1.54, 1.807) is 0 Å². The van der Waals surface area contributed by atoms with Gasteiger partial charge in [0.05, 0.1) is 0 Å². The van der Waals surface area contributed by atoms with Crippen molar-refractivity contribution >= 4 is 11.8 Å². The first-order valence-corrected chi connectivity index (χ1v) is 9.06. The van der Waals surface area contributed by atoms with Crippen molar-refractivity contribution in [3.63, 3.8) is 0 Å². The van der Waals surface area contributed by atoms with Gasteiger partial charge in [-0.1, -0.05) is 13.8 Å². The molecule has 0 unspecified atom stereocenters. The van der Waals surface area contributed by atoms with Crippen LogP contribution in [0, 0.1) is 0 Å². The third-order valence-corrected chi connectivity index (χ3v) is 5.57. The fourth-order valence-corrected chi connectivity index (χ4v) is 3.89. The van der Waals surface area contributed by atoms with Gasteiger partial charge in [0, 0.05) is 17.3 Å². The Bertz CT molecular complexity index is 173. The van der Waals surface area contributed by atoms with E-state index < -0.39 is 0 Å². The molecule has 0 radical (unpaired) electrons. The maximum Gasteiger partial charge on any atom is 0.00964 e. The molecule has 2 nitrogen and oxygen atoms in total. The van der Waals surface area contributed by atoms with Crippen LogP contribution in [0.1, 0.15) is 52.4 Å². The van der Waals surface area contributed by atoms with Gasteiger partial charge in [0.15, 0.2) is 0 Å². The number of rotatable bonds is 3. The highest BCUT2D eigenvalue weighted by Crippen LogP contribution is 2.28. The Hall–Kier alpha value is 0.270. The van der Waals surface area contributed by atoms with Crippen LogP contribution in [0.5, 0.6) is 0 Å². The summed E-state index contributed by atoms with van der Waals surface area (Å²) in [6, 6.07) is 1.69. The molecule has 2 fully saturated rings.